The van der Waals surface area contributed by atoms with Crippen molar-refractivity contribution >= 4 is 39.5 Å². The van der Waals surface area contributed by atoms with Crippen LogP contribution in [0.1, 0.15) is 306 Å². The lowest BCUT2D eigenvalue weighted by Crippen LogP contribution is -2.30. The highest BCUT2D eigenvalue weighted by Crippen LogP contribution is 2.45. The van der Waals surface area contributed by atoms with Gasteiger partial charge in [0.05, 0.1) is 26.4 Å². The molecule has 0 bridgehead atoms. The number of ether oxygens (including phenoxy) is 4. The molecule has 0 aliphatic heterocycles. The van der Waals surface area contributed by atoms with Gasteiger partial charge in [-0.1, -0.05) is 254 Å². The standard InChI is InChI=1S/C64H124O17P2/c1-54(2)40-32-24-16-11-9-10-12-20-30-38-46-63(68)80-60(51-75-62(67)45-37-29-23-22-27-35-43-57(7)8)53-79-83(72,73)77-49-58(65)48-76-82(70,71)78-52-59(81-64(69)47-39-31-21-15-18-26-34-42-56(5)6)50-74-61(66)44-36-28-19-14-13-17-25-33-41-55(3)4/h54-60,65H,9-53H2,1-8H3,(H,70,71)(H,72,73)/t58?,59-,60-/m1/s1. The fourth-order valence-corrected chi connectivity index (χ4v) is 11.0. The van der Waals surface area contributed by atoms with E-state index in [1.54, 1.807) is 0 Å². The van der Waals surface area contributed by atoms with Gasteiger partial charge in [-0.3, -0.25) is 37.3 Å². The molecule has 0 amide bonds. The molecule has 0 spiro atoms. The third-order valence-corrected chi connectivity index (χ3v) is 16.5. The normalized spacial score (nSPS) is 14.4. The van der Waals surface area contributed by atoms with E-state index in [-0.39, 0.29) is 25.7 Å². The molecule has 0 radical (unpaired) electrons. The fourth-order valence-electron chi connectivity index (χ4n) is 9.43. The van der Waals surface area contributed by atoms with Crippen LogP contribution in [0, 0.1) is 23.7 Å². The summed E-state index contributed by atoms with van der Waals surface area (Å²) < 4.78 is 68.0. The highest BCUT2D eigenvalue weighted by molar-refractivity contribution is 7.47. The van der Waals surface area contributed by atoms with Crippen LogP contribution in [0.4, 0.5) is 0 Å². The number of rotatable bonds is 61. The Balaban J connectivity index is 5.24. The van der Waals surface area contributed by atoms with Crippen LogP contribution in [0.25, 0.3) is 0 Å². The number of esters is 4. The van der Waals surface area contributed by atoms with Crippen LogP contribution in [-0.2, 0) is 65.4 Å². The van der Waals surface area contributed by atoms with E-state index in [9.17, 15) is 43.2 Å². The van der Waals surface area contributed by atoms with E-state index in [1.807, 2.05) is 0 Å². The van der Waals surface area contributed by atoms with Gasteiger partial charge in [-0.15, -0.1) is 0 Å². The molecule has 492 valence electrons. The molecule has 0 aromatic rings. The maximum absolute atomic E-state index is 13.0. The van der Waals surface area contributed by atoms with E-state index < -0.39 is 97.5 Å². The van der Waals surface area contributed by atoms with Gasteiger partial charge < -0.3 is 33.8 Å². The molecular weight excluding hydrogens is 1100 g/mol. The first kappa shape index (κ1) is 81.1. The molecule has 0 aromatic carbocycles. The van der Waals surface area contributed by atoms with Gasteiger partial charge in [0.1, 0.15) is 19.3 Å². The van der Waals surface area contributed by atoms with Crippen molar-refractivity contribution in [3.05, 3.63) is 0 Å². The van der Waals surface area contributed by atoms with E-state index in [0.717, 1.165) is 108 Å². The summed E-state index contributed by atoms with van der Waals surface area (Å²) in [6, 6.07) is 0. The molecule has 3 N–H and O–H groups in total. The Hall–Kier alpha value is -1.94. The summed E-state index contributed by atoms with van der Waals surface area (Å²) in [4.78, 5) is 72.2. The molecule has 83 heavy (non-hydrogen) atoms. The summed E-state index contributed by atoms with van der Waals surface area (Å²) in [5, 5.41) is 10.5. The molecular formula is C64H124O17P2. The average Bonchev–Trinajstić information content (AvgIpc) is 3.42. The minimum absolute atomic E-state index is 0.102. The van der Waals surface area contributed by atoms with Gasteiger partial charge in [0, 0.05) is 25.7 Å². The van der Waals surface area contributed by atoms with Gasteiger partial charge in [-0.2, -0.15) is 0 Å². The van der Waals surface area contributed by atoms with Crippen LogP contribution in [0.15, 0.2) is 0 Å². The summed E-state index contributed by atoms with van der Waals surface area (Å²) in [5.41, 5.74) is 0. The second-order valence-electron chi connectivity index (χ2n) is 25.1. The summed E-state index contributed by atoms with van der Waals surface area (Å²) >= 11 is 0. The Labute approximate surface area is 505 Å². The van der Waals surface area contributed by atoms with E-state index in [0.29, 0.717) is 37.5 Å². The highest BCUT2D eigenvalue weighted by Gasteiger charge is 2.30. The van der Waals surface area contributed by atoms with E-state index in [2.05, 4.69) is 55.4 Å². The molecule has 0 rings (SSSR count). The molecule has 3 unspecified atom stereocenters. The lowest BCUT2D eigenvalue weighted by Gasteiger charge is -2.21. The molecule has 0 saturated heterocycles. The van der Waals surface area contributed by atoms with Gasteiger partial charge in [-0.05, 0) is 49.4 Å². The van der Waals surface area contributed by atoms with Gasteiger partial charge in [-0.25, -0.2) is 9.13 Å². The predicted molar refractivity (Wildman–Crippen MR) is 331 cm³/mol. The van der Waals surface area contributed by atoms with Crippen molar-refractivity contribution in [1.82, 2.24) is 0 Å². The van der Waals surface area contributed by atoms with Crippen molar-refractivity contribution in [3.8, 4) is 0 Å². The fraction of sp³-hybridized carbons (Fsp3) is 0.938. The summed E-state index contributed by atoms with van der Waals surface area (Å²) in [7, 11) is -9.89. The van der Waals surface area contributed by atoms with Crippen molar-refractivity contribution in [2.45, 2.75) is 324 Å². The Morgan fingerprint density at radius 2 is 0.506 bits per heavy atom. The monoisotopic (exact) mass is 1230 g/mol. The molecule has 0 aromatic heterocycles. The van der Waals surface area contributed by atoms with Gasteiger partial charge >= 0.3 is 39.5 Å². The van der Waals surface area contributed by atoms with Crippen molar-refractivity contribution in [3.63, 3.8) is 0 Å². The number of unbranched alkanes of at least 4 members (excludes halogenated alkanes) is 27. The molecule has 0 aliphatic rings. The topological polar surface area (TPSA) is 237 Å². The second kappa shape index (κ2) is 54.2. The molecule has 0 saturated carbocycles. The van der Waals surface area contributed by atoms with Crippen LogP contribution in [0.3, 0.4) is 0 Å². The number of phosphoric ester groups is 2. The molecule has 19 heteroatoms. The minimum Gasteiger partial charge on any atom is -0.462 e. The maximum atomic E-state index is 13.0. The van der Waals surface area contributed by atoms with Crippen molar-refractivity contribution < 1.29 is 80.2 Å². The first-order chi connectivity index (χ1) is 39.6. The highest BCUT2D eigenvalue weighted by atomic mass is 31.2. The van der Waals surface area contributed by atoms with Crippen LogP contribution in [0.5, 0.6) is 0 Å². The lowest BCUT2D eigenvalue weighted by atomic mass is 10.0. The Bertz CT molecular complexity index is 1660. The number of carbonyl (C=O) groups excluding carboxylic acids is 4. The third-order valence-electron chi connectivity index (χ3n) is 14.6. The zero-order chi connectivity index (χ0) is 61.8. The number of hydrogen-bond acceptors (Lipinski definition) is 15. The van der Waals surface area contributed by atoms with Crippen molar-refractivity contribution in [2.24, 2.45) is 23.7 Å². The summed E-state index contributed by atoms with van der Waals surface area (Å²) in [6.07, 6.45) is 33.7. The van der Waals surface area contributed by atoms with E-state index >= 15 is 0 Å². The first-order valence-corrected chi connectivity index (χ1v) is 36.2. The van der Waals surface area contributed by atoms with Crippen molar-refractivity contribution in [1.29, 1.82) is 0 Å². The summed E-state index contributed by atoms with van der Waals surface area (Å²) in [6.45, 7) is 13.9. The molecule has 0 aliphatic carbocycles. The predicted octanol–water partition coefficient (Wildman–Crippen LogP) is 17.4. The Morgan fingerprint density at radius 3 is 0.747 bits per heavy atom. The molecule has 0 heterocycles. The number of phosphoric acid groups is 2. The third kappa shape index (κ3) is 58.8. The number of carbonyl (C=O) groups is 4. The smallest absolute Gasteiger partial charge is 0.462 e. The Morgan fingerprint density at radius 1 is 0.301 bits per heavy atom. The van der Waals surface area contributed by atoms with E-state index in [4.69, 9.17) is 37.0 Å². The molecule has 0 fully saturated rings. The van der Waals surface area contributed by atoms with Crippen molar-refractivity contribution in [2.75, 3.05) is 39.6 Å². The van der Waals surface area contributed by atoms with Crippen LogP contribution >= 0.6 is 15.6 Å². The number of hydrogen-bond donors (Lipinski definition) is 3. The first-order valence-electron chi connectivity index (χ1n) is 33.2. The lowest BCUT2D eigenvalue weighted by molar-refractivity contribution is -0.161. The van der Waals surface area contributed by atoms with Crippen LogP contribution < -0.4 is 0 Å². The molecule has 5 atom stereocenters. The Kier molecular flexibility index (Phi) is 53.0. The number of aliphatic hydroxyl groups is 1. The maximum Gasteiger partial charge on any atom is 0.472 e. The van der Waals surface area contributed by atoms with E-state index in [1.165, 1.54) is 103 Å². The zero-order valence-corrected chi connectivity index (χ0v) is 55.6. The van der Waals surface area contributed by atoms with Gasteiger partial charge in [0.2, 0.25) is 0 Å². The summed E-state index contributed by atoms with van der Waals surface area (Å²) in [5.74, 6) is 0.711. The number of aliphatic hydroxyl groups excluding tert-OH is 1. The molecule has 17 nitrogen and oxygen atoms in total. The van der Waals surface area contributed by atoms with Crippen LogP contribution in [-0.4, -0.2) is 96.7 Å². The average molecular weight is 1230 g/mol. The zero-order valence-electron chi connectivity index (χ0n) is 53.8. The minimum atomic E-state index is -4.94. The van der Waals surface area contributed by atoms with Gasteiger partial charge in [0.25, 0.3) is 0 Å². The largest absolute Gasteiger partial charge is 0.472 e. The van der Waals surface area contributed by atoms with Gasteiger partial charge in [0.15, 0.2) is 12.2 Å². The SMILES string of the molecule is CC(C)CCCCCCCCCCCCC(=O)O[C@H](COC(=O)CCCCCCCCC(C)C)COP(=O)(O)OCC(O)COP(=O)(O)OC[C@@H](COC(=O)CCCCCCCCCCC(C)C)OC(=O)CCCCCCCCCC(C)C. The van der Waals surface area contributed by atoms with Crippen LogP contribution in [0.2, 0.25) is 0 Å². The quantitative estimate of drug-likeness (QED) is 0.0222. The second-order valence-corrected chi connectivity index (χ2v) is 28.0.